The minimum absolute atomic E-state index is 0.0644. The topological polar surface area (TPSA) is 52.6 Å². The van der Waals surface area contributed by atoms with Crippen molar-refractivity contribution in [3.05, 3.63) is 12.2 Å². The van der Waals surface area contributed by atoms with Crippen LogP contribution >= 0.6 is 0 Å². The van der Waals surface area contributed by atoms with Crippen molar-refractivity contribution in [3.8, 4) is 0 Å². The largest absolute Gasteiger partial charge is 0.463 e. The molecular weight excluding hydrogens is 196 g/mol. The summed E-state index contributed by atoms with van der Waals surface area (Å²) >= 11 is 0. The number of ether oxygens (including phenoxy) is 2. The SMILES string of the molecule is C=C(C)C(=O)OC1C(=O)OCCC1CC. The standard InChI is InChI=1S/C11H16O4/c1-4-8-5-6-14-11(13)9(8)15-10(12)7(2)3/h8-9H,2,4-6H2,1,3H3. The van der Waals surface area contributed by atoms with Gasteiger partial charge in [-0.2, -0.15) is 0 Å². The molecule has 0 aromatic rings. The number of hydrogen-bond donors (Lipinski definition) is 0. The smallest absolute Gasteiger partial charge is 0.347 e. The maximum Gasteiger partial charge on any atom is 0.347 e. The Morgan fingerprint density at radius 3 is 2.87 bits per heavy atom. The average Bonchev–Trinajstić information content (AvgIpc) is 2.20. The van der Waals surface area contributed by atoms with Gasteiger partial charge in [-0.15, -0.1) is 0 Å². The minimum atomic E-state index is -0.757. The summed E-state index contributed by atoms with van der Waals surface area (Å²) in [6.45, 7) is 7.40. The summed E-state index contributed by atoms with van der Waals surface area (Å²) in [5.41, 5.74) is 0.295. The van der Waals surface area contributed by atoms with Crippen LogP contribution in [0.4, 0.5) is 0 Å². The second kappa shape index (κ2) is 4.96. The summed E-state index contributed by atoms with van der Waals surface area (Å²) in [7, 11) is 0. The van der Waals surface area contributed by atoms with Crippen LogP contribution in [-0.2, 0) is 19.1 Å². The van der Waals surface area contributed by atoms with E-state index in [9.17, 15) is 9.59 Å². The van der Waals surface area contributed by atoms with Crippen LogP contribution < -0.4 is 0 Å². The van der Waals surface area contributed by atoms with Crippen LogP contribution in [0.15, 0.2) is 12.2 Å². The lowest BCUT2D eigenvalue weighted by Gasteiger charge is -2.28. The maximum atomic E-state index is 11.4. The fraction of sp³-hybridized carbons (Fsp3) is 0.636. The Balaban J connectivity index is 2.66. The summed E-state index contributed by atoms with van der Waals surface area (Å²) < 4.78 is 9.91. The van der Waals surface area contributed by atoms with Gasteiger partial charge >= 0.3 is 11.9 Å². The molecule has 84 valence electrons. The molecule has 0 N–H and O–H groups in total. The Morgan fingerprint density at radius 1 is 1.67 bits per heavy atom. The Bertz CT molecular complexity index is 282. The summed E-state index contributed by atoms with van der Waals surface area (Å²) in [5.74, 6) is -0.908. The van der Waals surface area contributed by atoms with E-state index >= 15 is 0 Å². The molecule has 0 aromatic heterocycles. The molecule has 1 fully saturated rings. The van der Waals surface area contributed by atoms with Crippen LogP contribution in [-0.4, -0.2) is 24.6 Å². The summed E-state index contributed by atoms with van der Waals surface area (Å²) in [4.78, 5) is 22.7. The molecule has 1 heterocycles. The molecule has 0 bridgehead atoms. The molecule has 1 saturated heterocycles. The van der Waals surface area contributed by atoms with Crippen LogP contribution in [0.5, 0.6) is 0 Å². The van der Waals surface area contributed by atoms with Gasteiger partial charge in [0.05, 0.1) is 6.61 Å². The zero-order chi connectivity index (χ0) is 11.4. The molecule has 1 aliphatic rings. The first-order valence-corrected chi connectivity index (χ1v) is 5.09. The highest BCUT2D eigenvalue weighted by molar-refractivity contribution is 5.89. The zero-order valence-corrected chi connectivity index (χ0v) is 9.12. The van der Waals surface area contributed by atoms with Gasteiger partial charge in [0.25, 0.3) is 0 Å². The molecule has 2 atom stereocenters. The lowest BCUT2D eigenvalue weighted by Crippen LogP contribution is -2.40. The van der Waals surface area contributed by atoms with E-state index in [-0.39, 0.29) is 5.92 Å². The number of carbonyl (C=O) groups excluding carboxylic acids is 2. The number of hydrogen-bond acceptors (Lipinski definition) is 4. The van der Waals surface area contributed by atoms with Gasteiger partial charge < -0.3 is 9.47 Å². The van der Waals surface area contributed by atoms with Crippen molar-refractivity contribution in [2.24, 2.45) is 5.92 Å². The molecule has 1 rings (SSSR count). The van der Waals surface area contributed by atoms with Crippen LogP contribution in [0.1, 0.15) is 26.7 Å². The second-order valence-electron chi connectivity index (χ2n) is 3.73. The van der Waals surface area contributed by atoms with Crippen LogP contribution in [0, 0.1) is 5.92 Å². The van der Waals surface area contributed by atoms with Crippen molar-refractivity contribution in [1.29, 1.82) is 0 Å². The molecule has 0 saturated carbocycles. The zero-order valence-electron chi connectivity index (χ0n) is 9.12. The molecule has 4 nitrogen and oxygen atoms in total. The minimum Gasteiger partial charge on any atom is -0.463 e. The van der Waals surface area contributed by atoms with Crippen molar-refractivity contribution in [3.63, 3.8) is 0 Å². The molecule has 1 aliphatic heterocycles. The van der Waals surface area contributed by atoms with Crippen LogP contribution in [0.3, 0.4) is 0 Å². The first-order chi connectivity index (χ1) is 7.06. The van der Waals surface area contributed by atoms with Gasteiger partial charge in [-0.3, -0.25) is 0 Å². The number of esters is 2. The van der Waals surface area contributed by atoms with E-state index in [2.05, 4.69) is 6.58 Å². The number of rotatable bonds is 3. The molecule has 0 aromatic carbocycles. The van der Waals surface area contributed by atoms with Crippen molar-refractivity contribution >= 4 is 11.9 Å². The van der Waals surface area contributed by atoms with Crippen molar-refractivity contribution in [1.82, 2.24) is 0 Å². The fourth-order valence-electron chi connectivity index (χ4n) is 1.52. The molecule has 0 aliphatic carbocycles. The predicted octanol–water partition coefficient (Wildman–Crippen LogP) is 1.45. The highest BCUT2D eigenvalue weighted by Gasteiger charge is 2.35. The number of cyclic esters (lactones) is 1. The first kappa shape index (κ1) is 11.8. The molecule has 0 radical (unpaired) electrons. The van der Waals surface area contributed by atoms with E-state index < -0.39 is 18.0 Å². The second-order valence-corrected chi connectivity index (χ2v) is 3.73. The van der Waals surface area contributed by atoms with Gasteiger partial charge in [-0.1, -0.05) is 13.5 Å². The molecule has 2 unspecified atom stereocenters. The van der Waals surface area contributed by atoms with Crippen molar-refractivity contribution < 1.29 is 19.1 Å². The Hall–Kier alpha value is -1.32. The molecular formula is C11H16O4. The van der Waals surface area contributed by atoms with Gasteiger partial charge in [-0.05, 0) is 19.8 Å². The lowest BCUT2D eigenvalue weighted by molar-refractivity contribution is -0.176. The highest BCUT2D eigenvalue weighted by Crippen LogP contribution is 2.23. The molecule has 0 spiro atoms. The van der Waals surface area contributed by atoms with Crippen LogP contribution in [0.25, 0.3) is 0 Å². The third-order valence-corrected chi connectivity index (χ3v) is 2.50. The predicted molar refractivity (Wildman–Crippen MR) is 54.1 cm³/mol. The van der Waals surface area contributed by atoms with Gasteiger partial charge in [-0.25, -0.2) is 9.59 Å². The normalized spacial score (nSPS) is 25.6. The van der Waals surface area contributed by atoms with E-state index in [1.54, 1.807) is 6.92 Å². The van der Waals surface area contributed by atoms with Gasteiger partial charge in [0.15, 0.2) is 0 Å². The van der Waals surface area contributed by atoms with E-state index in [1.165, 1.54) is 0 Å². The quantitative estimate of drug-likeness (QED) is 0.525. The van der Waals surface area contributed by atoms with E-state index in [4.69, 9.17) is 9.47 Å². The molecule has 0 amide bonds. The van der Waals surface area contributed by atoms with Crippen LogP contribution in [0.2, 0.25) is 0 Å². The summed E-state index contributed by atoms with van der Waals surface area (Å²) in [6, 6.07) is 0. The van der Waals surface area contributed by atoms with Gasteiger partial charge in [0.1, 0.15) is 0 Å². The molecule has 4 heteroatoms. The van der Waals surface area contributed by atoms with E-state index in [0.717, 1.165) is 12.8 Å². The average molecular weight is 212 g/mol. The summed E-state index contributed by atoms with van der Waals surface area (Å²) in [6.07, 6.45) is 0.785. The van der Waals surface area contributed by atoms with E-state index in [0.29, 0.717) is 12.2 Å². The monoisotopic (exact) mass is 212 g/mol. The third kappa shape index (κ3) is 2.81. The van der Waals surface area contributed by atoms with Gasteiger partial charge in [0.2, 0.25) is 6.10 Å². The molecule has 15 heavy (non-hydrogen) atoms. The van der Waals surface area contributed by atoms with E-state index in [1.807, 2.05) is 6.92 Å². The van der Waals surface area contributed by atoms with Crippen molar-refractivity contribution in [2.75, 3.05) is 6.61 Å². The third-order valence-electron chi connectivity index (χ3n) is 2.50. The number of carbonyl (C=O) groups is 2. The Kier molecular flexibility index (Phi) is 3.88. The first-order valence-electron chi connectivity index (χ1n) is 5.09. The summed E-state index contributed by atoms with van der Waals surface area (Å²) in [5, 5.41) is 0. The van der Waals surface area contributed by atoms with Crippen molar-refractivity contribution in [2.45, 2.75) is 32.8 Å². The van der Waals surface area contributed by atoms with Gasteiger partial charge in [0, 0.05) is 11.5 Å². The Morgan fingerprint density at radius 2 is 2.33 bits per heavy atom. The lowest BCUT2D eigenvalue weighted by atomic mass is 9.94. The fourth-order valence-corrected chi connectivity index (χ4v) is 1.52. The maximum absolute atomic E-state index is 11.4. The highest BCUT2D eigenvalue weighted by atomic mass is 16.6. The Labute approximate surface area is 89.2 Å².